The number of rotatable bonds is 7. The number of nitrogens with zero attached hydrogens (tertiary/aromatic N) is 1. The molecule has 1 amide bonds. The van der Waals surface area contributed by atoms with E-state index in [1.54, 1.807) is 43.3 Å². The SMILES string of the molecule is Cc1ccc(N(CCC(=O)Nc2ccc(F)cc2C)S(=O)(=O)c2ccc(C)cc2)cc1. The van der Waals surface area contributed by atoms with Crippen LogP contribution in [0.25, 0.3) is 0 Å². The minimum atomic E-state index is -3.86. The zero-order valence-electron chi connectivity index (χ0n) is 17.7. The molecule has 31 heavy (non-hydrogen) atoms. The summed E-state index contributed by atoms with van der Waals surface area (Å²) in [6, 6.07) is 17.8. The lowest BCUT2D eigenvalue weighted by Gasteiger charge is -2.24. The first kappa shape index (κ1) is 22.5. The number of halogens is 1. The Balaban J connectivity index is 1.84. The quantitative estimate of drug-likeness (QED) is 0.564. The van der Waals surface area contributed by atoms with Crippen LogP contribution in [-0.2, 0) is 14.8 Å². The Kier molecular flexibility index (Phi) is 6.75. The van der Waals surface area contributed by atoms with Gasteiger partial charge in [0.15, 0.2) is 0 Å². The van der Waals surface area contributed by atoms with Crippen molar-refractivity contribution in [2.75, 3.05) is 16.2 Å². The van der Waals surface area contributed by atoms with Crippen LogP contribution in [0.2, 0.25) is 0 Å². The van der Waals surface area contributed by atoms with Crippen LogP contribution in [0.1, 0.15) is 23.1 Å². The van der Waals surface area contributed by atoms with Crippen LogP contribution in [0, 0.1) is 26.6 Å². The number of sulfonamides is 1. The van der Waals surface area contributed by atoms with Gasteiger partial charge in [-0.15, -0.1) is 0 Å². The maximum Gasteiger partial charge on any atom is 0.264 e. The smallest absolute Gasteiger partial charge is 0.264 e. The molecule has 3 aromatic carbocycles. The summed E-state index contributed by atoms with van der Waals surface area (Å²) < 4.78 is 41.2. The van der Waals surface area contributed by atoms with Crippen LogP contribution in [0.15, 0.2) is 71.6 Å². The molecule has 0 fully saturated rings. The van der Waals surface area contributed by atoms with Gasteiger partial charge < -0.3 is 5.32 Å². The summed E-state index contributed by atoms with van der Waals surface area (Å²) in [4.78, 5) is 12.7. The molecule has 0 aliphatic carbocycles. The fourth-order valence-corrected chi connectivity index (χ4v) is 4.59. The number of anilines is 2. The van der Waals surface area contributed by atoms with Gasteiger partial charge >= 0.3 is 0 Å². The van der Waals surface area contributed by atoms with Gasteiger partial charge in [0.2, 0.25) is 5.91 Å². The van der Waals surface area contributed by atoms with Crippen molar-refractivity contribution in [1.82, 2.24) is 0 Å². The molecular formula is C24H25FN2O3S. The van der Waals surface area contributed by atoms with Gasteiger partial charge in [-0.05, 0) is 68.8 Å². The molecule has 0 saturated carbocycles. The van der Waals surface area contributed by atoms with E-state index in [0.29, 0.717) is 16.9 Å². The lowest BCUT2D eigenvalue weighted by molar-refractivity contribution is -0.116. The average molecular weight is 441 g/mol. The number of carbonyl (C=O) groups is 1. The molecule has 0 aliphatic rings. The number of hydrogen-bond acceptors (Lipinski definition) is 3. The molecule has 0 heterocycles. The Morgan fingerprint density at radius 1 is 0.903 bits per heavy atom. The first-order valence-electron chi connectivity index (χ1n) is 9.89. The Labute approximate surface area is 182 Å². The minimum absolute atomic E-state index is 0.0364. The van der Waals surface area contributed by atoms with Crippen LogP contribution < -0.4 is 9.62 Å². The number of benzene rings is 3. The largest absolute Gasteiger partial charge is 0.326 e. The van der Waals surface area contributed by atoms with Crippen molar-refractivity contribution >= 4 is 27.3 Å². The fraction of sp³-hybridized carbons (Fsp3) is 0.208. The molecule has 0 saturated heterocycles. The summed E-state index contributed by atoms with van der Waals surface area (Å²) in [6.07, 6.45) is -0.0597. The molecule has 0 unspecified atom stereocenters. The normalized spacial score (nSPS) is 11.2. The number of nitrogens with one attached hydrogen (secondary N) is 1. The van der Waals surface area contributed by atoms with Gasteiger partial charge in [-0.3, -0.25) is 9.10 Å². The highest BCUT2D eigenvalue weighted by atomic mass is 32.2. The second-order valence-electron chi connectivity index (χ2n) is 7.48. The van der Waals surface area contributed by atoms with E-state index < -0.39 is 10.0 Å². The van der Waals surface area contributed by atoms with Crippen molar-refractivity contribution in [2.24, 2.45) is 0 Å². The van der Waals surface area contributed by atoms with Gasteiger partial charge in [-0.2, -0.15) is 0 Å². The highest BCUT2D eigenvalue weighted by Crippen LogP contribution is 2.25. The van der Waals surface area contributed by atoms with Crippen molar-refractivity contribution in [3.63, 3.8) is 0 Å². The maximum absolute atomic E-state index is 13.3. The summed E-state index contributed by atoms with van der Waals surface area (Å²) in [6.45, 7) is 5.46. The molecule has 0 aromatic heterocycles. The van der Waals surface area contributed by atoms with E-state index in [9.17, 15) is 17.6 Å². The zero-order chi connectivity index (χ0) is 22.6. The molecule has 0 atom stereocenters. The van der Waals surface area contributed by atoms with Crippen LogP contribution in [-0.4, -0.2) is 20.9 Å². The molecule has 1 N–H and O–H groups in total. The fourth-order valence-electron chi connectivity index (χ4n) is 3.12. The topological polar surface area (TPSA) is 66.5 Å². The third-order valence-corrected chi connectivity index (χ3v) is 6.78. The third kappa shape index (κ3) is 5.49. The highest BCUT2D eigenvalue weighted by molar-refractivity contribution is 7.92. The van der Waals surface area contributed by atoms with Crippen molar-refractivity contribution < 1.29 is 17.6 Å². The molecule has 0 spiro atoms. The van der Waals surface area contributed by atoms with Gasteiger partial charge in [0.05, 0.1) is 10.6 Å². The Morgan fingerprint density at radius 2 is 1.48 bits per heavy atom. The van der Waals surface area contributed by atoms with Gasteiger partial charge in [0, 0.05) is 18.7 Å². The Bertz CT molecular complexity index is 1170. The summed E-state index contributed by atoms with van der Waals surface area (Å²) >= 11 is 0. The Hall–Kier alpha value is -3.19. The van der Waals surface area contributed by atoms with Crippen molar-refractivity contribution in [2.45, 2.75) is 32.1 Å². The second-order valence-corrected chi connectivity index (χ2v) is 9.35. The lowest BCUT2D eigenvalue weighted by Crippen LogP contribution is -2.34. The molecule has 162 valence electrons. The number of carbonyl (C=O) groups excluding carboxylic acids is 1. The summed E-state index contributed by atoms with van der Waals surface area (Å²) in [5.41, 5.74) is 3.53. The maximum atomic E-state index is 13.3. The van der Waals surface area contributed by atoms with Crippen molar-refractivity contribution in [3.05, 3.63) is 89.2 Å². The zero-order valence-corrected chi connectivity index (χ0v) is 18.5. The Morgan fingerprint density at radius 3 is 2.06 bits per heavy atom. The van der Waals surface area contributed by atoms with Crippen molar-refractivity contribution in [3.8, 4) is 0 Å². The molecule has 3 rings (SSSR count). The van der Waals surface area contributed by atoms with Crippen LogP contribution in [0.3, 0.4) is 0 Å². The van der Waals surface area contributed by atoms with Gasteiger partial charge in [-0.1, -0.05) is 35.4 Å². The van der Waals surface area contributed by atoms with Gasteiger partial charge in [-0.25, -0.2) is 12.8 Å². The first-order chi connectivity index (χ1) is 14.7. The number of hydrogen-bond donors (Lipinski definition) is 1. The molecule has 3 aromatic rings. The van der Waals surface area contributed by atoms with E-state index in [0.717, 1.165) is 11.1 Å². The number of amides is 1. The summed E-state index contributed by atoms with van der Waals surface area (Å²) in [7, 11) is -3.86. The molecule has 7 heteroatoms. The van der Waals surface area contributed by atoms with Crippen LogP contribution in [0.5, 0.6) is 0 Å². The predicted molar refractivity (Wildman–Crippen MR) is 121 cm³/mol. The monoisotopic (exact) mass is 440 g/mol. The number of aryl methyl sites for hydroxylation is 3. The second kappa shape index (κ2) is 9.31. The van der Waals surface area contributed by atoms with E-state index in [1.165, 1.54) is 22.5 Å². The van der Waals surface area contributed by atoms with Gasteiger partial charge in [0.25, 0.3) is 10.0 Å². The molecule has 5 nitrogen and oxygen atoms in total. The van der Waals surface area contributed by atoms with Crippen LogP contribution >= 0.6 is 0 Å². The standard InChI is InChI=1S/C24H25FN2O3S/c1-17-4-9-21(10-5-17)27(31(29,30)22-11-6-18(2)7-12-22)15-14-24(28)26-23-13-8-20(25)16-19(23)3/h4-13,16H,14-15H2,1-3H3,(H,26,28). The lowest BCUT2D eigenvalue weighted by atomic mass is 10.2. The average Bonchev–Trinajstić information content (AvgIpc) is 2.72. The molecule has 0 aliphatic heterocycles. The van der Waals surface area contributed by atoms with E-state index in [2.05, 4.69) is 5.32 Å². The summed E-state index contributed by atoms with van der Waals surface area (Å²) in [5, 5.41) is 2.72. The minimum Gasteiger partial charge on any atom is -0.326 e. The van der Waals surface area contributed by atoms with E-state index in [-0.39, 0.29) is 29.6 Å². The first-order valence-corrected chi connectivity index (χ1v) is 11.3. The molecule has 0 radical (unpaired) electrons. The highest BCUT2D eigenvalue weighted by Gasteiger charge is 2.25. The van der Waals surface area contributed by atoms with E-state index >= 15 is 0 Å². The predicted octanol–water partition coefficient (Wildman–Crippen LogP) is 4.98. The molecule has 0 bridgehead atoms. The van der Waals surface area contributed by atoms with Crippen LogP contribution in [0.4, 0.5) is 15.8 Å². The summed E-state index contributed by atoms with van der Waals surface area (Å²) in [5.74, 6) is -0.740. The third-order valence-electron chi connectivity index (χ3n) is 4.94. The van der Waals surface area contributed by atoms with Gasteiger partial charge in [0.1, 0.15) is 5.82 Å². The van der Waals surface area contributed by atoms with E-state index in [4.69, 9.17) is 0 Å². The van der Waals surface area contributed by atoms with Crippen molar-refractivity contribution in [1.29, 1.82) is 0 Å². The van der Waals surface area contributed by atoms with E-state index in [1.807, 2.05) is 26.0 Å². The molecular weight excluding hydrogens is 415 g/mol.